The van der Waals surface area contributed by atoms with E-state index in [0.29, 0.717) is 30.5 Å². The lowest BCUT2D eigenvalue weighted by molar-refractivity contribution is -0.125. The van der Waals surface area contributed by atoms with E-state index >= 15 is 0 Å². The summed E-state index contributed by atoms with van der Waals surface area (Å²) in [5.74, 6) is 0.773. The molecular weight excluding hydrogens is 426 g/mol. The highest BCUT2D eigenvalue weighted by atomic mass is 35.5. The van der Waals surface area contributed by atoms with Crippen molar-refractivity contribution in [2.24, 2.45) is 0 Å². The van der Waals surface area contributed by atoms with Crippen LogP contribution < -0.4 is 10.6 Å². The highest BCUT2D eigenvalue weighted by Crippen LogP contribution is 2.33. The number of amides is 1. The number of rotatable bonds is 8. The van der Waals surface area contributed by atoms with E-state index in [4.69, 9.17) is 11.6 Å². The average Bonchev–Trinajstić information content (AvgIpc) is 3.37. The molecule has 3 heterocycles. The van der Waals surface area contributed by atoms with Crippen LogP contribution in [0.4, 0.5) is 5.82 Å². The zero-order valence-corrected chi connectivity index (χ0v) is 19.0. The number of nitrogens with zero attached hydrogens (tertiary/aromatic N) is 5. The van der Waals surface area contributed by atoms with E-state index in [0.717, 1.165) is 42.7 Å². The number of aromatic nitrogens is 4. The van der Waals surface area contributed by atoms with Crippen LogP contribution in [0.5, 0.6) is 0 Å². The SMILES string of the molecule is CCn1cnc2c(NCc3cccc(CNC(=O)C4CCCN4C4CC4)c3)nc(Cl)nc21. The molecule has 1 saturated carbocycles. The number of aryl methyl sites for hydroxylation is 1. The second-order valence-corrected chi connectivity index (χ2v) is 8.90. The number of halogens is 1. The number of benzene rings is 1. The van der Waals surface area contributed by atoms with Crippen LogP contribution in [0.25, 0.3) is 11.2 Å². The first-order chi connectivity index (χ1) is 15.6. The Morgan fingerprint density at radius 1 is 1.19 bits per heavy atom. The Morgan fingerprint density at radius 3 is 2.78 bits per heavy atom. The highest BCUT2D eigenvalue weighted by Gasteiger charge is 2.39. The van der Waals surface area contributed by atoms with Crippen LogP contribution in [0.2, 0.25) is 5.28 Å². The minimum Gasteiger partial charge on any atom is -0.364 e. The molecule has 3 aromatic rings. The Bertz CT molecular complexity index is 1130. The van der Waals surface area contributed by atoms with E-state index in [1.54, 1.807) is 6.33 Å². The Hall–Kier alpha value is -2.71. The summed E-state index contributed by atoms with van der Waals surface area (Å²) in [7, 11) is 0. The molecular formula is C23H28ClN7O. The summed E-state index contributed by atoms with van der Waals surface area (Å²) < 4.78 is 1.94. The molecule has 32 heavy (non-hydrogen) atoms. The van der Waals surface area contributed by atoms with Crippen molar-refractivity contribution < 1.29 is 4.79 Å². The van der Waals surface area contributed by atoms with Gasteiger partial charge in [-0.25, -0.2) is 4.98 Å². The zero-order chi connectivity index (χ0) is 22.1. The van der Waals surface area contributed by atoms with Gasteiger partial charge in [0.05, 0.1) is 12.4 Å². The number of hydrogen-bond donors (Lipinski definition) is 2. The van der Waals surface area contributed by atoms with Gasteiger partial charge in [-0.2, -0.15) is 9.97 Å². The van der Waals surface area contributed by atoms with Crippen LogP contribution in [-0.2, 0) is 24.4 Å². The molecule has 5 rings (SSSR count). The van der Waals surface area contributed by atoms with E-state index in [9.17, 15) is 4.79 Å². The molecule has 2 fully saturated rings. The fourth-order valence-corrected chi connectivity index (χ4v) is 4.69. The minimum atomic E-state index is 0.0419. The molecule has 2 aliphatic rings. The summed E-state index contributed by atoms with van der Waals surface area (Å²) in [6.07, 6.45) is 6.31. The monoisotopic (exact) mass is 453 g/mol. The Morgan fingerprint density at radius 2 is 2.00 bits per heavy atom. The summed E-state index contributed by atoms with van der Waals surface area (Å²) in [6.45, 7) is 4.95. The van der Waals surface area contributed by atoms with Crippen LogP contribution in [0.1, 0.15) is 43.7 Å². The van der Waals surface area contributed by atoms with Gasteiger partial charge in [-0.05, 0) is 61.9 Å². The predicted molar refractivity (Wildman–Crippen MR) is 124 cm³/mol. The summed E-state index contributed by atoms with van der Waals surface area (Å²) in [6, 6.07) is 8.88. The van der Waals surface area contributed by atoms with Crippen LogP contribution in [0, 0.1) is 0 Å². The van der Waals surface area contributed by atoms with Crippen molar-refractivity contribution in [1.29, 1.82) is 0 Å². The first-order valence-electron chi connectivity index (χ1n) is 11.4. The van der Waals surface area contributed by atoms with Crippen molar-refractivity contribution in [1.82, 2.24) is 29.7 Å². The van der Waals surface area contributed by atoms with Gasteiger partial charge in [0.15, 0.2) is 17.0 Å². The smallest absolute Gasteiger partial charge is 0.237 e. The van der Waals surface area contributed by atoms with Gasteiger partial charge in [-0.15, -0.1) is 0 Å². The third-order valence-electron chi connectivity index (χ3n) is 6.31. The maximum absolute atomic E-state index is 12.7. The summed E-state index contributed by atoms with van der Waals surface area (Å²) >= 11 is 6.13. The van der Waals surface area contributed by atoms with Gasteiger partial charge in [-0.3, -0.25) is 9.69 Å². The number of imidazole rings is 1. The second-order valence-electron chi connectivity index (χ2n) is 8.56. The van der Waals surface area contributed by atoms with Crippen molar-refractivity contribution in [3.05, 3.63) is 47.0 Å². The van der Waals surface area contributed by atoms with Gasteiger partial charge in [0.1, 0.15) is 0 Å². The Balaban J connectivity index is 1.22. The van der Waals surface area contributed by atoms with Crippen molar-refractivity contribution in [3.8, 4) is 0 Å². The van der Waals surface area contributed by atoms with Crippen LogP contribution in [-0.4, -0.2) is 49.0 Å². The summed E-state index contributed by atoms with van der Waals surface area (Å²) in [4.78, 5) is 28.2. The Labute approximate surface area is 192 Å². The number of fused-ring (bicyclic) bond motifs is 1. The maximum atomic E-state index is 12.7. The molecule has 1 aliphatic heterocycles. The van der Waals surface area contributed by atoms with E-state index in [1.807, 2.05) is 23.6 Å². The zero-order valence-electron chi connectivity index (χ0n) is 18.2. The molecule has 2 aromatic heterocycles. The molecule has 9 heteroatoms. The molecule has 1 aliphatic carbocycles. The van der Waals surface area contributed by atoms with Crippen molar-refractivity contribution in [2.45, 2.75) is 64.3 Å². The standard InChI is InChI=1S/C23H28ClN7O/c1-2-30-14-27-19-20(28-23(24)29-21(19)30)25-12-15-5-3-6-16(11-15)13-26-22(32)18-7-4-10-31(18)17-8-9-17/h3,5-6,11,14,17-18H,2,4,7-10,12-13H2,1H3,(H,26,32)(H,25,28,29). The molecule has 0 bridgehead atoms. The molecule has 2 N–H and O–H groups in total. The van der Waals surface area contributed by atoms with Crippen LogP contribution in [0.3, 0.4) is 0 Å². The number of hydrogen-bond acceptors (Lipinski definition) is 6. The first-order valence-corrected chi connectivity index (χ1v) is 11.7. The third kappa shape index (κ3) is 4.42. The van der Waals surface area contributed by atoms with Gasteiger partial charge in [0.2, 0.25) is 11.2 Å². The van der Waals surface area contributed by atoms with Gasteiger partial charge in [0, 0.05) is 25.7 Å². The molecule has 8 nitrogen and oxygen atoms in total. The fraction of sp³-hybridized carbons (Fsp3) is 0.478. The molecule has 1 atom stereocenters. The summed E-state index contributed by atoms with van der Waals surface area (Å²) in [5, 5.41) is 6.68. The second kappa shape index (κ2) is 9.03. The van der Waals surface area contributed by atoms with E-state index in [1.165, 1.54) is 12.8 Å². The molecule has 1 amide bonds. The molecule has 0 spiro atoms. The van der Waals surface area contributed by atoms with Gasteiger partial charge in [-0.1, -0.05) is 24.3 Å². The normalized spacial score (nSPS) is 18.9. The number of likely N-dealkylation sites (tertiary alicyclic amines) is 1. The third-order valence-corrected chi connectivity index (χ3v) is 6.48. The lowest BCUT2D eigenvalue weighted by Crippen LogP contribution is -2.43. The van der Waals surface area contributed by atoms with Crippen molar-refractivity contribution in [3.63, 3.8) is 0 Å². The summed E-state index contributed by atoms with van der Waals surface area (Å²) in [5.41, 5.74) is 3.60. The minimum absolute atomic E-state index is 0.0419. The predicted octanol–water partition coefficient (Wildman–Crippen LogP) is 3.35. The maximum Gasteiger partial charge on any atom is 0.237 e. The average molecular weight is 454 g/mol. The van der Waals surface area contributed by atoms with Crippen molar-refractivity contribution >= 4 is 34.5 Å². The largest absolute Gasteiger partial charge is 0.364 e. The van der Waals surface area contributed by atoms with Gasteiger partial charge in [0.25, 0.3) is 0 Å². The molecule has 1 unspecified atom stereocenters. The number of carbonyl (C=O) groups excluding carboxylic acids is 1. The van der Waals surface area contributed by atoms with E-state index < -0.39 is 0 Å². The lowest BCUT2D eigenvalue weighted by Gasteiger charge is -2.23. The van der Waals surface area contributed by atoms with Gasteiger partial charge >= 0.3 is 0 Å². The highest BCUT2D eigenvalue weighted by molar-refractivity contribution is 6.28. The number of anilines is 1. The molecule has 0 radical (unpaired) electrons. The van der Waals surface area contributed by atoms with Crippen LogP contribution >= 0.6 is 11.6 Å². The fourth-order valence-electron chi connectivity index (χ4n) is 4.53. The molecule has 1 aromatic carbocycles. The van der Waals surface area contributed by atoms with Crippen LogP contribution in [0.15, 0.2) is 30.6 Å². The van der Waals surface area contributed by atoms with E-state index in [-0.39, 0.29) is 17.2 Å². The lowest BCUT2D eigenvalue weighted by atomic mass is 10.1. The number of nitrogens with one attached hydrogen (secondary N) is 2. The topological polar surface area (TPSA) is 88.0 Å². The van der Waals surface area contributed by atoms with Gasteiger partial charge < -0.3 is 15.2 Å². The molecule has 168 valence electrons. The number of carbonyl (C=O) groups is 1. The first kappa shape index (κ1) is 21.2. The quantitative estimate of drug-likeness (QED) is 0.508. The molecule has 1 saturated heterocycles. The van der Waals surface area contributed by atoms with E-state index in [2.05, 4.69) is 42.6 Å². The van der Waals surface area contributed by atoms with Crippen molar-refractivity contribution in [2.75, 3.05) is 11.9 Å². The Kier molecular flexibility index (Phi) is 5.97.